The van der Waals surface area contributed by atoms with Gasteiger partial charge in [-0.05, 0) is 13.3 Å². The molecule has 13 heavy (non-hydrogen) atoms. The van der Waals surface area contributed by atoms with E-state index >= 15 is 0 Å². The Balaban J connectivity index is 2.46. The molecule has 0 radical (unpaired) electrons. The molecule has 0 aromatic rings. The van der Waals surface area contributed by atoms with Crippen LogP contribution in [-0.4, -0.2) is 43.7 Å². The van der Waals surface area contributed by atoms with Crippen molar-refractivity contribution in [3.63, 3.8) is 0 Å². The highest BCUT2D eigenvalue weighted by molar-refractivity contribution is 5.79. The number of amides is 1. The third-order valence-electron chi connectivity index (χ3n) is 2.53. The largest absolute Gasteiger partial charge is 0.378 e. The number of likely N-dealkylation sites (N-methyl/N-ethyl adjacent to an activating group) is 1. The summed E-state index contributed by atoms with van der Waals surface area (Å²) in [7, 11) is 1.79. The van der Waals surface area contributed by atoms with E-state index in [0.717, 1.165) is 6.42 Å². The van der Waals surface area contributed by atoms with E-state index in [1.807, 2.05) is 6.92 Å². The van der Waals surface area contributed by atoms with E-state index in [1.165, 1.54) is 0 Å². The molecule has 2 N–H and O–H groups in total. The van der Waals surface area contributed by atoms with E-state index in [9.17, 15) is 4.79 Å². The van der Waals surface area contributed by atoms with Gasteiger partial charge in [-0.1, -0.05) is 0 Å². The van der Waals surface area contributed by atoms with Crippen molar-refractivity contribution in [1.29, 1.82) is 0 Å². The van der Waals surface area contributed by atoms with E-state index in [0.29, 0.717) is 19.7 Å². The molecule has 4 heteroatoms. The summed E-state index contributed by atoms with van der Waals surface area (Å²) in [5, 5.41) is 0. The van der Waals surface area contributed by atoms with Gasteiger partial charge in [-0.3, -0.25) is 4.79 Å². The molecule has 0 saturated carbocycles. The minimum absolute atomic E-state index is 0.0385. The Morgan fingerprint density at radius 2 is 2.38 bits per heavy atom. The molecule has 0 aromatic carbocycles. The minimum Gasteiger partial charge on any atom is -0.378 e. The van der Waals surface area contributed by atoms with Gasteiger partial charge in [0.05, 0.1) is 12.0 Å². The molecule has 0 spiro atoms. The summed E-state index contributed by atoms with van der Waals surface area (Å²) in [6, 6.07) is 0. The predicted octanol–water partition coefficient (Wildman–Crippen LogP) is -0.171. The Bertz CT molecular complexity index is 184. The lowest BCUT2D eigenvalue weighted by molar-refractivity contribution is -0.135. The van der Waals surface area contributed by atoms with Gasteiger partial charge in [0.15, 0.2) is 0 Å². The average molecular weight is 186 g/mol. The molecule has 1 fully saturated rings. The topological polar surface area (TPSA) is 55.6 Å². The Labute approximate surface area is 79.0 Å². The SMILES string of the molecule is CC1OCCC1C(=O)N(C)CCN. The zero-order chi connectivity index (χ0) is 9.84. The molecule has 1 aliphatic heterocycles. The minimum atomic E-state index is 0.0385. The summed E-state index contributed by atoms with van der Waals surface area (Å²) in [5.74, 6) is 0.201. The van der Waals surface area contributed by atoms with E-state index < -0.39 is 0 Å². The second-order valence-electron chi connectivity index (χ2n) is 3.52. The molecule has 4 nitrogen and oxygen atoms in total. The fourth-order valence-electron chi connectivity index (χ4n) is 1.64. The van der Waals surface area contributed by atoms with Crippen LogP contribution >= 0.6 is 0 Å². The lowest BCUT2D eigenvalue weighted by Gasteiger charge is -2.21. The first-order chi connectivity index (χ1) is 6.16. The summed E-state index contributed by atoms with van der Waals surface area (Å²) in [6.45, 7) is 3.80. The summed E-state index contributed by atoms with van der Waals surface area (Å²) in [5.41, 5.74) is 5.38. The maximum Gasteiger partial charge on any atom is 0.228 e. The van der Waals surface area contributed by atoms with Gasteiger partial charge >= 0.3 is 0 Å². The smallest absolute Gasteiger partial charge is 0.228 e. The van der Waals surface area contributed by atoms with Gasteiger partial charge in [0.1, 0.15) is 0 Å². The van der Waals surface area contributed by atoms with Gasteiger partial charge in [-0.15, -0.1) is 0 Å². The van der Waals surface area contributed by atoms with Crippen molar-refractivity contribution in [2.45, 2.75) is 19.4 Å². The molecule has 1 saturated heterocycles. The van der Waals surface area contributed by atoms with Crippen LogP contribution in [-0.2, 0) is 9.53 Å². The summed E-state index contributed by atoms with van der Waals surface area (Å²) in [6.07, 6.45) is 0.905. The molecule has 1 rings (SSSR count). The molecule has 0 aliphatic carbocycles. The Kier molecular flexibility index (Phi) is 3.69. The number of hydrogen-bond acceptors (Lipinski definition) is 3. The number of ether oxygens (including phenoxy) is 1. The van der Waals surface area contributed by atoms with E-state index in [2.05, 4.69) is 0 Å². The van der Waals surface area contributed by atoms with Gasteiger partial charge in [0.2, 0.25) is 5.91 Å². The van der Waals surface area contributed by atoms with Crippen molar-refractivity contribution in [3.05, 3.63) is 0 Å². The van der Waals surface area contributed by atoms with Crippen LogP contribution in [0.4, 0.5) is 0 Å². The molecule has 0 bridgehead atoms. The molecule has 2 atom stereocenters. The van der Waals surface area contributed by atoms with Crippen LogP contribution in [0.3, 0.4) is 0 Å². The number of carbonyl (C=O) groups is 1. The number of hydrogen-bond donors (Lipinski definition) is 1. The highest BCUT2D eigenvalue weighted by Gasteiger charge is 2.32. The van der Waals surface area contributed by atoms with Crippen LogP contribution in [0.25, 0.3) is 0 Å². The van der Waals surface area contributed by atoms with Crippen molar-refractivity contribution in [2.75, 3.05) is 26.7 Å². The predicted molar refractivity (Wildman–Crippen MR) is 50.2 cm³/mol. The standard InChI is InChI=1S/C9H18N2O2/c1-7-8(3-6-13-7)9(12)11(2)5-4-10/h7-8H,3-6,10H2,1-2H3. The van der Waals surface area contributed by atoms with Crippen LogP contribution in [0.2, 0.25) is 0 Å². The lowest BCUT2D eigenvalue weighted by atomic mass is 10.0. The highest BCUT2D eigenvalue weighted by Crippen LogP contribution is 2.21. The van der Waals surface area contributed by atoms with E-state index in [4.69, 9.17) is 10.5 Å². The first-order valence-electron chi connectivity index (χ1n) is 4.73. The average Bonchev–Trinajstić information content (AvgIpc) is 2.50. The highest BCUT2D eigenvalue weighted by atomic mass is 16.5. The van der Waals surface area contributed by atoms with Gasteiger partial charge in [-0.2, -0.15) is 0 Å². The number of nitrogens with zero attached hydrogens (tertiary/aromatic N) is 1. The van der Waals surface area contributed by atoms with Gasteiger partial charge in [0.25, 0.3) is 0 Å². The second kappa shape index (κ2) is 4.58. The van der Waals surface area contributed by atoms with Crippen LogP contribution in [0.1, 0.15) is 13.3 Å². The molecule has 2 unspecified atom stereocenters. The molecule has 1 amide bonds. The molecular weight excluding hydrogens is 168 g/mol. The fourth-order valence-corrected chi connectivity index (χ4v) is 1.64. The van der Waals surface area contributed by atoms with Crippen molar-refractivity contribution in [3.8, 4) is 0 Å². The number of rotatable bonds is 3. The zero-order valence-corrected chi connectivity index (χ0v) is 8.32. The zero-order valence-electron chi connectivity index (χ0n) is 8.32. The van der Waals surface area contributed by atoms with Crippen LogP contribution in [0.15, 0.2) is 0 Å². The monoisotopic (exact) mass is 186 g/mol. The van der Waals surface area contributed by atoms with Crippen molar-refractivity contribution in [2.24, 2.45) is 11.7 Å². The third kappa shape index (κ3) is 2.42. The third-order valence-corrected chi connectivity index (χ3v) is 2.53. The molecule has 1 aliphatic rings. The molecule has 1 heterocycles. The maximum atomic E-state index is 11.7. The first kappa shape index (κ1) is 10.5. The maximum absolute atomic E-state index is 11.7. The lowest BCUT2D eigenvalue weighted by Crippen LogP contribution is -2.38. The Morgan fingerprint density at radius 3 is 2.85 bits per heavy atom. The first-order valence-corrected chi connectivity index (χ1v) is 4.73. The van der Waals surface area contributed by atoms with E-state index in [-0.39, 0.29) is 17.9 Å². The molecular formula is C9H18N2O2. The summed E-state index contributed by atoms with van der Waals surface area (Å²) in [4.78, 5) is 13.4. The summed E-state index contributed by atoms with van der Waals surface area (Å²) >= 11 is 0. The molecule has 0 aromatic heterocycles. The van der Waals surface area contributed by atoms with Gasteiger partial charge < -0.3 is 15.4 Å². The van der Waals surface area contributed by atoms with Gasteiger partial charge in [-0.25, -0.2) is 0 Å². The van der Waals surface area contributed by atoms with Gasteiger partial charge in [0, 0.05) is 26.7 Å². The number of carbonyl (C=O) groups excluding carboxylic acids is 1. The second-order valence-corrected chi connectivity index (χ2v) is 3.52. The quantitative estimate of drug-likeness (QED) is 0.665. The molecule has 76 valence electrons. The Hall–Kier alpha value is -0.610. The van der Waals surface area contributed by atoms with Crippen LogP contribution in [0.5, 0.6) is 0 Å². The van der Waals surface area contributed by atoms with Crippen LogP contribution in [0, 0.1) is 5.92 Å². The fraction of sp³-hybridized carbons (Fsp3) is 0.889. The van der Waals surface area contributed by atoms with Crippen LogP contribution < -0.4 is 5.73 Å². The van der Waals surface area contributed by atoms with E-state index in [1.54, 1.807) is 11.9 Å². The Morgan fingerprint density at radius 1 is 1.69 bits per heavy atom. The van der Waals surface area contributed by atoms with Crippen molar-refractivity contribution in [1.82, 2.24) is 4.90 Å². The van der Waals surface area contributed by atoms with Crippen molar-refractivity contribution >= 4 is 5.91 Å². The van der Waals surface area contributed by atoms with Crippen molar-refractivity contribution < 1.29 is 9.53 Å². The normalized spacial score (nSPS) is 27.6. The number of nitrogens with two attached hydrogens (primary N) is 1. The summed E-state index contributed by atoms with van der Waals surface area (Å²) < 4.78 is 5.34.